The van der Waals surface area contributed by atoms with Crippen LogP contribution in [0.15, 0.2) is 222 Å². The van der Waals surface area contributed by atoms with Crippen molar-refractivity contribution >= 4 is 21.9 Å². The Labute approximate surface area is 476 Å². The minimum atomic E-state index is -0.600. The number of benzene rings is 6. The van der Waals surface area contributed by atoms with Gasteiger partial charge in [0.05, 0.1) is 18.2 Å². The fraction of sp³-hybridized carbons (Fsp3) is 0.0625. The van der Waals surface area contributed by atoms with Gasteiger partial charge in [-0.25, -0.2) is 17.6 Å². The molecule has 0 saturated carbocycles. The number of nitrogens with zero attached hydrogens (tertiary/aromatic N) is 4. The van der Waals surface area contributed by atoms with Crippen LogP contribution in [0.5, 0.6) is 0 Å². The smallest absolute Gasteiger partial charge is 0.137 e. The molecule has 398 valence electrons. The molecule has 6 heterocycles. The number of pyridine rings is 4. The molecule has 0 bridgehead atoms. The Morgan fingerprint density at radius 2 is 0.872 bits per heavy atom. The van der Waals surface area contributed by atoms with Gasteiger partial charge in [-0.3, -0.25) is 4.98 Å². The quantitative estimate of drug-likeness (QED) is 0.125. The van der Waals surface area contributed by atoms with Crippen LogP contribution in [0.3, 0.4) is 0 Å². The van der Waals surface area contributed by atoms with Gasteiger partial charge in [-0.15, -0.1) is 102 Å². The van der Waals surface area contributed by atoms with Crippen LogP contribution in [-0.2, 0) is 40.2 Å². The summed E-state index contributed by atoms with van der Waals surface area (Å²) in [5.74, 6) is -2.38. The Morgan fingerprint density at radius 3 is 1.36 bits per heavy atom. The summed E-state index contributed by atoms with van der Waals surface area (Å²) in [6.45, 7) is 3.98. The summed E-state index contributed by atoms with van der Waals surface area (Å²) in [6.07, 6.45) is 6.53. The molecule has 8 nitrogen and oxygen atoms in total. The van der Waals surface area contributed by atoms with E-state index in [1.165, 1.54) is 24.3 Å². The monoisotopic (exact) mass is 1400 g/mol. The van der Waals surface area contributed by atoms with E-state index >= 15 is 0 Å². The molecule has 2 N–H and O–H groups in total. The molecule has 0 unspecified atom stereocenters. The number of hydrogen-bond donors (Lipinski definition) is 2. The molecule has 0 spiro atoms. The molecule has 0 atom stereocenters. The first kappa shape index (κ1) is 60.8. The van der Waals surface area contributed by atoms with Gasteiger partial charge >= 0.3 is 0 Å². The van der Waals surface area contributed by atoms with Gasteiger partial charge < -0.3 is 34.0 Å². The van der Waals surface area contributed by atoms with Gasteiger partial charge in [0.25, 0.3) is 0 Å². The minimum Gasteiger partial charge on any atom is -0.465 e. The van der Waals surface area contributed by atoms with E-state index < -0.39 is 23.3 Å². The standard InChI is InChI=1S/C19H11F2NO.C19H10F2NO.2C12H10N.2CH4O.2Ir/c2*20-14-4-5-15(17(21)11-14)12-2-1-3-13(10-12)19-16-7-9-23-18(16)6-8-22-19;2*1-10-6-5-9-12(13-10)11-7-3-2-4-8-11;2*1-2;;/h1-11H;1-2,4-11H;2*2-7,9H,1H3;2*2H,1H3;;/q;3*-1;;;;. The molecule has 0 amide bonds. The zero-order valence-corrected chi connectivity index (χ0v) is 47.2. The summed E-state index contributed by atoms with van der Waals surface area (Å²) in [7, 11) is 2.00. The third kappa shape index (κ3) is 16.0. The zero-order chi connectivity index (χ0) is 53.8. The van der Waals surface area contributed by atoms with Crippen LogP contribution in [0.25, 0.3) is 89.2 Å². The summed E-state index contributed by atoms with van der Waals surface area (Å²) in [4.78, 5) is 17.6. The number of rotatable bonds is 6. The van der Waals surface area contributed by atoms with Crippen molar-refractivity contribution in [1.82, 2.24) is 19.9 Å². The van der Waals surface area contributed by atoms with E-state index in [4.69, 9.17) is 19.0 Å². The molecular formula is C64H49F4Ir2N4O4-3. The number of aliphatic hydroxyl groups is 2. The van der Waals surface area contributed by atoms with Gasteiger partial charge in [-0.05, 0) is 103 Å². The average molecular weight is 1400 g/mol. The van der Waals surface area contributed by atoms with E-state index in [9.17, 15) is 17.6 Å². The Bertz CT molecular complexity index is 3520. The van der Waals surface area contributed by atoms with Crippen LogP contribution in [0.2, 0.25) is 0 Å². The van der Waals surface area contributed by atoms with Gasteiger partial charge in [-0.2, -0.15) is 0 Å². The number of aryl methyl sites for hydroxylation is 2. The summed E-state index contributed by atoms with van der Waals surface area (Å²) in [6, 6.07) is 64.1. The number of halogens is 4. The maximum absolute atomic E-state index is 14.0. The van der Waals surface area contributed by atoms with Crippen LogP contribution in [0.4, 0.5) is 17.6 Å². The molecule has 12 rings (SSSR count). The molecule has 78 heavy (non-hydrogen) atoms. The molecule has 6 aromatic carbocycles. The summed E-state index contributed by atoms with van der Waals surface area (Å²) < 4.78 is 64.9. The Kier molecular flexibility index (Phi) is 23.9. The molecule has 12 aromatic rings. The van der Waals surface area contributed by atoms with Crippen LogP contribution < -0.4 is 0 Å². The first-order chi connectivity index (χ1) is 37.2. The normalized spacial score (nSPS) is 9.97. The predicted octanol–water partition coefficient (Wildman–Crippen LogP) is 15.6. The first-order valence-electron chi connectivity index (χ1n) is 23.6. The van der Waals surface area contributed by atoms with Crippen molar-refractivity contribution in [1.29, 1.82) is 0 Å². The van der Waals surface area contributed by atoms with Crippen LogP contribution >= 0.6 is 0 Å². The Morgan fingerprint density at radius 1 is 0.410 bits per heavy atom. The zero-order valence-electron chi connectivity index (χ0n) is 42.4. The number of fused-ring (bicyclic) bond motifs is 2. The summed E-state index contributed by atoms with van der Waals surface area (Å²) in [5.41, 5.74) is 12.6. The van der Waals surface area contributed by atoms with E-state index in [-0.39, 0.29) is 40.2 Å². The van der Waals surface area contributed by atoms with Gasteiger partial charge in [-0.1, -0.05) is 54.1 Å². The number of hydrogen-bond acceptors (Lipinski definition) is 8. The SMILES string of the molecule is CO.CO.Cc1cccc(-c2[c-]cccc2)n1.Cc1cccc(-c2[c-]cccc2)n1.Fc1ccc(-c2cc[c-]c(-c3nccc4occc34)c2)c(F)c1.Fc1ccc(-c2cccc(-c3nccc4occc34)c2)c(F)c1.[Ir].[Ir]. The predicted molar refractivity (Wildman–Crippen MR) is 291 cm³/mol. The number of aliphatic hydroxyl groups excluding tert-OH is 2. The molecule has 2 radical (unpaired) electrons. The second kappa shape index (κ2) is 30.6. The molecule has 0 aliphatic carbocycles. The third-order valence-corrected chi connectivity index (χ3v) is 11.2. The largest absolute Gasteiger partial charge is 0.465 e. The maximum atomic E-state index is 14.0. The van der Waals surface area contributed by atoms with E-state index in [0.29, 0.717) is 27.9 Å². The molecule has 0 saturated heterocycles. The second-order valence-corrected chi connectivity index (χ2v) is 16.2. The van der Waals surface area contributed by atoms with Crippen molar-refractivity contribution in [3.05, 3.63) is 266 Å². The van der Waals surface area contributed by atoms with E-state index in [1.807, 2.05) is 129 Å². The van der Waals surface area contributed by atoms with Crippen molar-refractivity contribution < 1.29 is 76.8 Å². The maximum Gasteiger partial charge on any atom is 0.137 e. The fourth-order valence-electron chi connectivity index (χ4n) is 7.78. The Hall–Kier alpha value is -8.06. The van der Waals surface area contributed by atoms with E-state index in [0.717, 1.165) is 99.0 Å². The van der Waals surface area contributed by atoms with Crippen molar-refractivity contribution in [2.45, 2.75) is 13.8 Å². The van der Waals surface area contributed by atoms with Crippen LogP contribution in [-0.4, -0.2) is 44.4 Å². The number of furan rings is 2. The molecule has 6 aromatic heterocycles. The molecular weight excluding hydrogens is 1350 g/mol. The second-order valence-electron chi connectivity index (χ2n) is 16.2. The third-order valence-electron chi connectivity index (χ3n) is 11.2. The fourth-order valence-corrected chi connectivity index (χ4v) is 7.78. The topological polar surface area (TPSA) is 118 Å². The average Bonchev–Trinajstić information content (AvgIpc) is 4.22. The molecule has 0 aliphatic rings. The van der Waals surface area contributed by atoms with Crippen LogP contribution in [0, 0.1) is 55.3 Å². The van der Waals surface area contributed by atoms with E-state index in [1.54, 1.807) is 61.3 Å². The first-order valence-corrected chi connectivity index (χ1v) is 23.6. The van der Waals surface area contributed by atoms with Crippen molar-refractivity contribution in [2.24, 2.45) is 0 Å². The van der Waals surface area contributed by atoms with Crippen molar-refractivity contribution in [3.8, 4) is 67.3 Å². The molecule has 14 heteroatoms. The van der Waals surface area contributed by atoms with E-state index in [2.05, 4.69) is 38.1 Å². The van der Waals surface area contributed by atoms with Gasteiger partial charge in [0.15, 0.2) is 0 Å². The van der Waals surface area contributed by atoms with Gasteiger partial charge in [0.2, 0.25) is 0 Å². The Balaban J connectivity index is 0.000000192. The molecule has 0 fully saturated rings. The van der Waals surface area contributed by atoms with Crippen molar-refractivity contribution in [3.63, 3.8) is 0 Å². The summed E-state index contributed by atoms with van der Waals surface area (Å²) >= 11 is 0. The van der Waals surface area contributed by atoms with Crippen molar-refractivity contribution in [2.75, 3.05) is 14.2 Å². The summed E-state index contributed by atoms with van der Waals surface area (Å²) in [5, 5.41) is 15.8. The van der Waals surface area contributed by atoms with Gasteiger partial charge in [0.1, 0.15) is 34.4 Å². The van der Waals surface area contributed by atoms with Crippen LogP contribution in [0.1, 0.15) is 11.4 Å². The minimum absolute atomic E-state index is 0. The van der Waals surface area contributed by atoms with Gasteiger partial charge in [0, 0.05) is 112 Å². The molecule has 0 aliphatic heterocycles. The number of aromatic nitrogens is 4.